The average Bonchev–Trinajstić information content (AvgIpc) is 2.39. The molecule has 0 saturated heterocycles. The number of hydrogen-bond donors (Lipinski definition) is 0. The van der Waals surface area contributed by atoms with E-state index in [2.05, 4.69) is 19.7 Å². The van der Waals surface area contributed by atoms with Crippen LogP contribution in [0, 0.1) is 0 Å². The van der Waals surface area contributed by atoms with E-state index in [9.17, 15) is 4.79 Å². The largest absolute Gasteiger partial charge is 0.463 e. The number of pyridine rings is 1. The van der Waals surface area contributed by atoms with E-state index in [0.29, 0.717) is 5.69 Å². The van der Waals surface area contributed by atoms with Gasteiger partial charge in [0.2, 0.25) is 5.82 Å². The standard InChI is InChI=1S/C11H9N3O2/c1-16-11(15)10-13-6-4-9(14-10)8-3-2-5-12-7-8/h2-7H,1H3. The second kappa shape index (κ2) is 4.48. The summed E-state index contributed by atoms with van der Waals surface area (Å²) in [4.78, 5) is 23.1. The summed E-state index contributed by atoms with van der Waals surface area (Å²) in [5, 5.41) is 0. The Morgan fingerprint density at radius 2 is 2.19 bits per heavy atom. The van der Waals surface area contributed by atoms with Crippen molar-refractivity contribution in [3.05, 3.63) is 42.6 Å². The summed E-state index contributed by atoms with van der Waals surface area (Å²) in [7, 11) is 1.29. The Morgan fingerprint density at radius 3 is 2.88 bits per heavy atom. The summed E-state index contributed by atoms with van der Waals surface area (Å²) < 4.78 is 4.55. The smallest absolute Gasteiger partial charge is 0.376 e. The van der Waals surface area contributed by atoms with E-state index in [-0.39, 0.29) is 5.82 Å². The monoisotopic (exact) mass is 215 g/mol. The van der Waals surface area contributed by atoms with Crippen molar-refractivity contribution in [2.45, 2.75) is 0 Å². The number of hydrogen-bond acceptors (Lipinski definition) is 5. The second-order valence-corrected chi connectivity index (χ2v) is 3.00. The number of methoxy groups -OCH3 is 1. The number of carbonyl (C=O) groups is 1. The number of carbonyl (C=O) groups excluding carboxylic acids is 1. The van der Waals surface area contributed by atoms with Crippen LogP contribution in [-0.2, 0) is 4.74 Å². The summed E-state index contributed by atoms with van der Waals surface area (Å²) in [6.07, 6.45) is 4.86. The Hall–Kier alpha value is -2.30. The first kappa shape index (κ1) is 10.2. The van der Waals surface area contributed by atoms with Gasteiger partial charge in [-0.1, -0.05) is 0 Å². The van der Waals surface area contributed by atoms with Gasteiger partial charge in [-0.2, -0.15) is 0 Å². The molecule has 0 radical (unpaired) electrons. The first-order valence-electron chi connectivity index (χ1n) is 4.63. The molecule has 5 heteroatoms. The van der Waals surface area contributed by atoms with Gasteiger partial charge in [0, 0.05) is 24.2 Å². The molecule has 0 saturated carbocycles. The van der Waals surface area contributed by atoms with Gasteiger partial charge in [0.25, 0.3) is 0 Å². The number of rotatable bonds is 2. The average molecular weight is 215 g/mol. The highest BCUT2D eigenvalue weighted by atomic mass is 16.5. The van der Waals surface area contributed by atoms with E-state index >= 15 is 0 Å². The predicted molar refractivity (Wildman–Crippen MR) is 56.6 cm³/mol. The molecular weight excluding hydrogens is 206 g/mol. The van der Waals surface area contributed by atoms with Gasteiger partial charge in [-0.15, -0.1) is 0 Å². The lowest BCUT2D eigenvalue weighted by molar-refractivity contribution is 0.0587. The van der Waals surface area contributed by atoms with Crippen molar-refractivity contribution >= 4 is 5.97 Å². The van der Waals surface area contributed by atoms with Crippen LogP contribution in [0.4, 0.5) is 0 Å². The highest BCUT2D eigenvalue weighted by Crippen LogP contribution is 2.14. The molecule has 0 bridgehead atoms. The summed E-state index contributed by atoms with van der Waals surface area (Å²) >= 11 is 0. The van der Waals surface area contributed by atoms with Crippen LogP contribution in [-0.4, -0.2) is 28.0 Å². The van der Waals surface area contributed by atoms with Gasteiger partial charge in [0.15, 0.2) is 0 Å². The van der Waals surface area contributed by atoms with Crippen LogP contribution >= 0.6 is 0 Å². The van der Waals surface area contributed by atoms with E-state index < -0.39 is 5.97 Å². The molecular formula is C11H9N3O2. The van der Waals surface area contributed by atoms with Crippen molar-refractivity contribution in [2.75, 3.05) is 7.11 Å². The molecule has 5 nitrogen and oxygen atoms in total. The number of nitrogens with zero attached hydrogens (tertiary/aromatic N) is 3. The van der Waals surface area contributed by atoms with Crippen molar-refractivity contribution in [3.8, 4) is 11.3 Å². The van der Waals surface area contributed by atoms with Gasteiger partial charge in [-0.3, -0.25) is 4.98 Å². The van der Waals surface area contributed by atoms with Crippen LogP contribution in [0.5, 0.6) is 0 Å². The maximum absolute atomic E-state index is 11.2. The van der Waals surface area contributed by atoms with Crippen LogP contribution in [0.25, 0.3) is 11.3 Å². The minimum Gasteiger partial charge on any atom is -0.463 e. The van der Waals surface area contributed by atoms with Crippen LogP contribution in [0.2, 0.25) is 0 Å². The third-order valence-corrected chi connectivity index (χ3v) is 1.98. The van der Waals surface area contributed by atoms with Gasteiger partial charge in [0.05, 0.1) is 12.8 Å². The molecule has 0 fully saturated rings. The van der Waals surface area contributed by atoms with Crippen LogP contribution in [0.15, 0.2) is 36.8 Å². The third kappa shape index (κ3) is 2.03. The number of aromatic nitrogens is 3. The van der Waals surface area contributed by atoms with Crippen molar-refractivity contribution in [3.63, 3.8) is 0 Å². The SMILES string of the molecule is COC(=O)c1nccc(-c2cccnc2)n1. The molecule has 0 aliphatic rings. The lowest BCUT2D eigenvalue weighted by Crippen LogP contribution is -2.07. The first-order chi connectivity index (χ1) is 7.81. The summed E-state index contributed by atoms with van der Waals surface area (Å²) in [5.74, 6) is -0.505. The van der Waals surface area contributed by atoms with Crippen molar-refractivity contribution < 1.29 is 9.53 Å². The second-order valence-electron chi connectivity index (χ2n) is 3.00. The topological polar surface area (TPSA) is 65.0 Å². The molecule has 2 rings (SSSR count). The zero-order valence-corrected chi connectivity index (χ0v) is 8.62. The molecule has 80 valence electrons. The van der Waals surface area contributed by atoms with Crippen LogP contribution < -0.4 is 0 Å². The van der Waals surface area contributed by atoms with E-state index in [1.165, 1.54) is 13.3 Å². The molecule has 2 aromatic rings. The normalized spacial score (nSPS) is 9.81. The zero-order valence-electron chi connectivity index (χ0n) is 8.62. The molecule has 0 aromatic carbocycles. The number of esters is 1. The van der Waals surface area contributed by atoms with E-state index in [0.717, 1.165) is 5.56 Å². The van der Waals surface area contributed by atoms with Gasteiger partial charge in [-0.25, -0.2) is 14.8 Å². The predicted octanol–water partition coefficient (Wildman–Crippen LogP) is 1.33. The molecule has 0 unspecified atom stereocenters. The van der Waals surface area contributed by atoms with Gasteiger partial charge >= 0.3 is 5.97 Å². The van der Waals surface area contributed by atoms with Gasteiger partial charge < -0.3 is 4.74 Å². The van der Waals surface area contributed by atoms with Crippen LogP contribution in [0.3, 0.4) is 0 Å². The minimum atomic E-state index is -0.550. The summed E-state index contributed by atoms with van der Waals surface area (Å²) in [6.45, 7) is 0. The highest BCUT2D eigenvalue weighted by Gasteiger charge is 2.10. The van der Waals surface area contributed by atoms with Crippen molar-refractivity contribution in [1.82, 2.24) is 15.0 Å². The lowest BCUT2D eigenvalue weighted by atomic mass is 10.2. The molecule has 0 aliphatic carbocycles. The molecule has 2 aromatic heterocycles. The Balaban J connectivity index is 2.40. The fourth-order valence-electron chi connectivity index (χ4n) is 1.22. The zero-order chi connectivity index (χ0) is 11.4. The molecule has 0 aliphatic heterocycles. The Labute approximate surface area is 92.2 Å². The van der Waals surface area contributed by atoms with Crippen LogP contribution in [0.1, 0.15) is 10.6 Å². The molecule has 0 N–H and O–H groups in total. The van der Waals surface area contributed by atoms with Gasteiger partial charge in [0.1, 0.15) is 0 Å². The third-order valence-electron chi connectivity index (χ3n) is 1.98. The van der Waals surface area contributed by atoms with E-state index in [1.54, 1.807) is 24.5 Å². The summed E-state index contributed by atoms with van der Waals surface area (Å²) in [5.41, 5.74) is 1.47. The fraction of sp³-hybridized carbons (Fsp3) is 0.0909. The lowest BCUT2D eigenvalue weighted by Gasteiger charge is -2.01. The Morgan fingerprint density at radius 1 is 1.31 bits per heavy atom. The van der Waals surface area contributed by atoms with Gasteiger partial charge in [-0.05, 0) is 18.2 Å². The first-order valence-corrected chi connectivity index (χ1v) is 4.63. The highest BCUT2D eigenvalue weighted by molar-refractivity contribution is 5.85. The summed E-state index contributed by atoms with van der Waals surface area (Å²) in [6, 6.07) is 5.37. The van der Waals surface area contributed by atoms with E-state index in [4.69, 9.17) is 0 Å². The molecule has 0 spiro atoms. The molecule has 0 atom stereocenters. The molecule has 0 amide bonds. The fourth-order valence-corrected chi connectivity index (χ4v) is 1.22. The van der Waals surface area contributed by atoms with Crippen molar-refractivity contribution in [1.29, 1.82) is 0 Å². The maximum Gasteiger partial charge on any atom is 0.376 e. The quantitative estimate of drug-likeness (QED) is 0.707. The van der Waals surface area contributed by atoms with E-state index in [1.807, 2.05) is 6.07 Å². The Kier molecular flexibility index (Phi) is 2.86. The molecule has 16 heavy (non-hydrogen) atoms. The Bertz CT molecular complexity index is 500. The molecule has 2 heterocycles. The van der Waals surface area contributed by atoms with Crippen molar-refractivity contribution in [2.24, 2.45) is 0 Å². The maximum atomic E-state index is 11.2. The number of ether oxygens (including phenoxy) is 1. The minimum absolute atomic E-state index is 0.0452.